The van der Waals surface area contributed by atoms with Gasteiger partial charge in [0.25, 0.3) is 5.91 Å². The molecule has 1 aliphatic carbocycles. The first-order valence-electron chi connectivity index (χ1n) is 7.21. The fourth-order valence-corrected chi connectivity index (χ4v) is 2.88. The van der Waals surface area contributed by atoms with Gasteiger partial charge in [-0.25, -0.2) is 0 Å². The number of amides is 1. The minimum absolute atomic E-state index is 0.0281. The third-order valence-corrected chi connectivity index (χ3v) is 4.34. The number of hydrogen-bond acceptors (Lipinski definition) is 3. The Balaban J connectivity index is 1.95. The highest BCUT2D eigenvalue weighted by atomic mass is 16.4. The Bertz CT molecular complexity index is 420. The Morgan fingerprint density at radius 2 is 2.05 bits per heavy atom. The van der Waals surface area contributed by atoms with E-state index < -0.39 is 0 Å². The molecule has 1 aromatic heterocycles. The van der Waals surface area contributed by atoms with E-state index in [2.05, 4.69) is 6.92 Å². The zero-order chi connectivity index (χ0) is 13.8. The number of hydrogen-bond donors (Lipinski definition) is 1. The second kappa shape index (κ2) is 6.24. The van der Waals surface area contributed by atoms with E-state index in [9.17, 15) is 4.79 Å². The van der Waals surface area contributed by atoms with Gasteiger partial charge in [0.2, 0.25) is 0 Å². The number of furan rings is 1. The van der Waals surface area contributed by atoms with Gasteiger partial charge in [-0.3, -0.25) is 4.79 Å². The molecule has 0 unspecified atom stereocenters. The van der Waals surface area contributed by atoms with Crippen molar-refractivity contribution in [2.45, 2.75) is 51.6 Å². The second-order valence-corrected chi connectivity index (χ2v) is 5.47. The lowest BCUT2D eigenvalue weighted by Gasteiger charge is -2.34. The average Bonchev–Trinajstić information content (AvgIpc) is 2.94. The Morgan fingerprint density at radius 1 is 1.37 bits per heavy atom. The first-order chi connectivity index (χ1) is 9.15. The fraction of sp³-hybridized carbons (Fsp3) is 0.667. The van der Waals surface area contributed by atoms with E-state index in [0.717, 1.165) is 18.8 Å². The molecule has 1 saturated carbocycles. The number of nitrogens with two attached hydrogens (primary N) is 1. The maximum atomic E-state index is 12.3. The van der Waals surface area contributed by atoms with Crippen LogP contribution in [0.3, 0.4) is 0 Å². The largest absolute Gasteiger partial charge is 0.455 e. The molecule has 1 aromatic rings. The van der Waals surface area contributed by atoms with Crippen LogP contribution in [0.2, 0.25) is 0 Å². The van der Waals surface area contributed by atoms with Crippen LogP contribution in [0.15, 0.2) is 16.5 Å². The molecule has 0 spiro atoms. The molecule has 1 aliphatic rings. The van der Waals surface area contributed by atoms with Crippen molar-refractivity contribution in [3.05, 3.63) is 23.7 Å². The zero-order valence-corrected chi connectivity index (χ0v) is 11.9. The monoisotopic (exact) mass is 264 g/mol. The molecular formula is C15H24N2O2. The van der Waals surface area contributed by atoms with Gasteiger partial charge in [0.15, 0.2) is 5.76 Å². The van der Waals surface area contributed by atoms with Gasteiger partial charge in [0, 0.05) is 13.1 Å². The van der Waals surface area contributed by atoms with Crippen LogP contribution in [0.25, 0.3) is 0 Å². The van der Waals surface area contributed by atoms with E-state index in [1.165, 1.54) is 19.3 Å². The molecule has 2 rings (SSSR count). The molecule has 4 nitrogen and oxygen atoms in total. The van der Waals surface area contributed by atoms with Gasteiger partial charge in [0.05, 0.1) is 6.54 Å². The van der Waals surface area contributed by atoms with Crippen LogP contribution in [-0.4, -0.2) is 23.9 Å². The highest BCUT2D eigenvalue weighted by Gasteiger charge is 2.27. The van der Waals surface area contributed by atoms with Crippen LogP contribution < -0.4 is 5.73 Å². The molecule has 0 radical (unpaired) electrons. The average molecular weight is 264 g/mol. The molecule has 0 aliphatic heterocycles. The molecule has 1 fully saturated rings. The predicted molar refractivity (Wildman–Crippen MR) is 74.7 cm³/mol. The summed E-state index contributed by atoms with van der Waals surface area (Å²) in [5, 5.41) is 0. The second-order valence-electron chi connectivity index (χ2n) is 5.47. The molecule has 0 aromatic carbocycles. The van der Waals surface area contributed by atoms with E-state index in [4.69, 9.17) is 10.2 Å². The van der Waals surface area contributed by atoms with Gasteiger partial charge in [-0.1, -0.05) is 13.3 Å². The van der Waals surface area contributed by atoms with Crippen molar-refractivity contribution in [2.75, 3.05) is 7.05 Å². The van der Waals surface area contributed by atoms with Gasteiger partial charge in [0.1, 0.15) is 5.76 Å². The molecule has 0 atom stereocenters. The summed E-state index contributed by atoms with van der Waals surface area (Å²) in [5.41, 5.74) is 5.49. The summed E-state index contributed by atoms with van der Waals surface area (Å²) in [7, 11) is 1.88. The molecular weight excluding hydrogens is 240 g/mol. The van der Waals surface area contributed by atoms with Gasteiger partial charge < -0.3 is 15.1 Å². The molecule has 1 amide bonds. The van der Waals surface area contributed by atoms with Crippen molar-refractivity contribution in [2.24, 2.45) is 11.7 Å². The maximum Gasteiger partial charge on any atom is 0.289 e. The summed E-state index contributed by atoms with van der Waals surface area (Å²) < 4.78 is 5.43. The van der Waals surface area contributed by atoms with Crippen LogP contribution in [0.5, 0.6) is 0 Å². The van der Waals surface area contributed by atoms with Crippen molar-refractivity contribution in [3.63, 3.8) is 0 Å². The maximum absolute atomic E-state index is 12.3. The zero-order valence-electron chi connectivity index (χ0n) is 11.9. The van der Waals surface area contributed by atoms with E-state index >= 15 is 0 Å². The van der Waals surface area contributed by atoms with E-state index in [1.807, 2.05) is 11.9 Å². The minimum atomic E-state index is -0.0281. The summed E-state index contributed by atoms with van der Waals surface area (Å²) in [5.74, 6) is 1.87. The summed E-state index contributed by atoms with van der Waals surface area (Å²) in [6, 6.07) is 3.84. The molecule has 0 saturated heterocycles. The number of carbonyl (C=O) groups excluding carboxylic acids is 1. The Hall–Kier alpha value is -1.29. The molecule has 0 bridgehead atoms. The van der Waals surface area contributed by atoms with Gasteiger partial charge >= 0.3 is 0 Å². The van der Waals surface area contributed by atoms with Gasteiger partial charge in [-0.2, -0.15) is 0 Å². The van der Waals surface area contributed by atoms with Crippen molar-refractivity contribution in [1.82, 2.24) is 4.90 Å². The van der Waals surface area contributed by atoms with Crippen LogP contribution in [-0.2, 0) is 6.54 Å². The summed E-state index contributed by atoms with van der Waals surface area (Å²) in [6.45, 7) is 2.58. The summed E-state index contributed by atoms with van der Waals surface area (Å²) in [6.07, 6.45) is 5.91. The topological polar surface area (TPSA) is 59.5 Å². The Kier molecular flexibility index (Phi) is 4.64. The lowest BCUT2D eigenvalue weighted by Crippen LogP contribution is -2.39. The normalized spacial score (nSPS) is 23.3. The third kappa shape index (κ3) is 3.18. The molecule has 1 heterocycles. The van der Waals surface area contributed by atoms with Crippen LogP contribution in [0.4, 0.5) is 0 Å². The fourth-order valence-electron chi connectivity index (χ4n) is 2.88. The van der Waals surface area contributed by atoms with Crippen LogP contribution in [0, 0.1) is 5.92 Å². The van der Waals surface area contributed by atoms with Crippen LogP contribution >= 0.6 is 0 Å². The van der Waals surface area contributed by atoms with Gasteiger partial charge in [-0.05, 0) is 43.7 Å². The number of nitrogens with zero attached hydrogens (tertiary/aromatic N) is 1. The van der Waals surface area contributed by atoms with Crippen molar-refractivity contribution < 1.29 is 9.21 Å². The van der Waals surface area contributed by atoms with E-state index in [-0.39, 0.29) is 5.91 Å². The van der Waals surface area contributed by atoms with E-state index in [0.29, 0.717) is 24.1 Å². The third-order valence-electron chi connectivity index (χ3n) is 4.34. The molecule has 106 valence electrons. The standard InChI is InChI=1S/C15H24N2O2/c1-3-11-4-6-12(7-5-11)17(2)15(18)14-9-8-13(10-16)19-14/h8-9,11-12H,3-7,10,16H2,1-2H3. The SMILES string of the molecule is CCC1CCC(N(C)C(=O)c2ccc(CN)o2)CC1. The van der Waals surface area contributed by atoms with E-state index in [1.54, 1.807) is 12.1 Å². The lowest BCUT2D eigenvalue weighted by atomic mass is 9.84. The molecule has 19 heavy (non-hydrogen) atoms. The van der Waals surface area contributed by atoms with Crippen molar-refractivity contribution >= 4 is 5.91 Å². The number of carbonyl (C=O) groups is 1. The van der Waals surface area contributed by atoms with Crippen molar-refractivity contribution in [3.8, 4) is 0 Å². The Morgan fingerprint density at radius 3 is 2.58 bits per heavy atom. The number of rotatable bonds is 4. The lowest BCUT2D eigenvalue weighted by molar-refractivity contribution is 0.0641. The molecule has 2 N–H and O–H groups in total. The first-order valence-corrected chi connectivity index (χ1v) is 7.21. The summed E-state index contributed by atoms with van der Waals surface area (Å²) in [4.78, 5) is 14.2. The molecule has 4 heteroatoms. The quantitative estimate of drug-likeness (QED) is 0.909. The first kappa shape index (κ1) is 14.1. The Labute approximate surface area is 114 Å². The smallest absolute Gasteiger partial charge is 0.289 e. The predicted octanol–water partition coefficient (Wildman–Crippen LogP) is 2.78. The minimum Gasteiger partial charge on any atom is -0.455 e. The van der Waals surface area contributed by atoms with Gasteiger partial charge in [-0.15, -0.1) is 0 Å². The summed E-state index contributed by atoms with van der Waals surface area (Å²) >= 11 is 0. The van der Waals surface area contributed by atoms with Crippen molar-refractivity contribution in [1.29, 1.82) is 0 Å². The highest BCUT2D eigenvalue weighted by Crippen LogP contribution is 2.29. The highest BCUT2D eigenvalue weighted by molar-refractivity contribution is 5.91. The van der Waals surface area contributed by atoms with Crippen LogP contribution in [0.1, 0.15) is 55.3 Å².